The third kappa shape index (κ3) is 2.74. The molecule has 0 saturated heterocycles. The summed E-state index contributed by atoms with van der Waals surface area (Å²) in [6.45, 7) is 1.78. The van der Waals surface area contributed by atoms with Crippen LogP contribution in [0.3, 0.4) is 0 Å². The molecule has 0 aliphatic heterocycles. The van der Waals surface area contributed by atoms with E-state index in [0.29, 0.717) is 22.5 Å². The van der Waals surface area contributed by atoms with Gasteiger partial charge >= 0.3 is 5.97 Å². The van der Waals surface area contributed by atoms with E-state index in [1.165, 1.54) is 19.2 Å². The van der Waals surface area contributed by atoms with E-state index in [4.69, 9.17) is 4.74 Å². The van der Waals surface area contributed by atoms with Gasteiger partial charge in [0.15, 0.2) is 0 Å². The highest BCUT2D eigenvalue weighted by molar-refractivity contribution is 6.10. The van der Waals surface area contributed by atoms with Crippen molar-refractivity contribution in [2.45, 2.75) is 6.92 Å². The maximum absolute atomic E-state index is 13.3. The molecule has 5 nitrogen and oxygen atoms in total. The average molecular weight is 326 g/mol. The first-order valence-electron chi connectivity index (χ1n) is 7.27. The Kier molecular flexibility index (Phi) is 4.04. The van der Waals surface area contributed by atoms with Gasteiger partial charge in [0.25, 0.3) is 5.91 Å². The first-order chi connectivity index (χ1) is 11.5. The summed E-state index contributed by atoms with van der Waals surface area (Å²) >= 11 is 0. The fourth-order valence-electron chi connectivity index (χ4n) is 2.60. The molecular formula is C18H15FN2O3. The molecule has 0 atom stereocenters. The van der Waals surface area contributed by atoms with Crippen molar-refractivity contribution in [3.05, 3.63) is 65.1 Å². The minimum Gasteiger partial charge on any atom is -0.465 e. The number of rotatable bonds is 3. The molecule has 3 rings (SSSR count). The van der Waals surface area contributed by atoms with E-state index < -0.39 is 11.9 Å². The number of benzene rings is 2. The van der Waals surface area contributed by atoms with Gasteiger partial charge in [0, 0.05) is 10.9 Å². The van der Waals surface area contributed by atoms with E-state index in [0.717, 1.165) is 5.39 Å². The smallest absolute Gasteiger partial charge is 0.339 e. The summed E-state index contributed by atoms with van der Waals surface area (Å²) in [6.07, 6.45) is 0. The zero-order valence-corrected chi connectivity index (χ0v) is 13.1. The molecule has 0 aliphatic rings. The zero-order chi connectivity index (χ0) is 17.3. The van der Waals surface area contributed by atoms with Gasteiger partial charge in [0.1, 0.15) is 11.5 Å². The van der Waals surface area contributed by atoms with Gasteiger partial charge in [0.2, 0.25) is 0 Å². The van der Waals surface area contributed by atoms with Crippen LogP contribution in [0.15, 0.2) is 42.5 Å². The molecule has 2 aromatic carbocycles. The second-order valence-electron chi connectivity index (χ2n) is 5.31. The monoisotopic (exact) mass is 326 g/mol. The number of hydrogen-bond donors (Lipinski definition) is 2. The molecule has 6 heteroatoms. The van der Waals surface area contributed by atoms with Gasteiger partial charge in [-0.25, -0.2) is 9.18 Å². The second-order valence-corrected chi connectivity index (χ2v) is 5.31. The lowest BCUT2D eigenvalue weighted by molar-refractivity contribution is 0.0602. The number of aromatic nitrogens is 1. The minimum absolute atomic E-state index is 0.258. The number of halogens is 1. The molecule has 0 bridgehead atoms. The molecule has 0 saturated carbocycles. The Bertz CT molecular complexity index is 947. The van der Waals surface area contributed by atoms with Gasteiger partial charge in [-0.1, -0.05) is 12.1 Å². The van der Waals surface area contributed by atoms with Crippen LogP contribution in [0.25, 0.3) is 10.9 Å². The first-order valence-corrected chi connectivity index (χ1v) is 7.27. The van der Waals surface area contributed by atoms with E-state index in [9.17, 15) is 14.0 Å². The van der Waals surface area contributed by atoms with Gasteiger partial charge in [-0.3, -0.25) is 4.79 Å². The number of carbonyl (C=O) groups is 2. The van der Waals surface area contributed by atoms with Crippen molar-refractivity contribution >= 4 is 28.5 Å². The highest BCUT2D eigenvalue weighted by atomic mass is 19.1. The summed E-state index contributed by atoms with van der Waals surface area (Å²) in [5.41, 5.74) is 2.17. The molecule has 0 fully saturated rings. The largest absolute Gasteiger partial charge is 0.465 e. The Balaban J connectivity index is 1.97. The summed E-state index contributed by atoms with van der Waals surface area (Å²) in [6, 6.07) is 10.9. The van der Waals surface area contributed by atoms with E-state index in [1.807, 2.05) is 0 Å². The summed E-state index contributed by atoms with van der Waals surface area (Å²) in [4.78, 5) is 27.3. The molecule has 2 N–H and O–H groups in total. The van der Waals surface area contributed by atoms with Crippen molar-refractivity contribution in [1.29, 1.82) is 0 Å². The molecular weight excluding hydrogens is 311 g/mol. The Morgan fingerprint density at radius 2 is 1.92 bits per heavy atom. The zero-order valence-electron chi connectivity index (χ0n) is 13.1. The van der Waals surface area contributed by atoms with Crippen LogP contribution in [-0.2, 0) is 4.74 Å². The number of aromatic amines is 1. The minimum atomic E-state index is -0.540. The molecule has 1 aromatic heterocycles. The number of ether oxygens (including phenoxy) is 1. The highest BCUT2D eigenvalue weighted by Crippen LogP contribution is 2.24. The number of aryl methyl sites for hydroxylation is 1. The quantitative estimate of drug-likeness (QED) is 0.722. The maximum Gasteiger partial charge on any atom is 0.339 e. The highest BCUT2D eigenvalue weighted by Gasteiger charge is 2.18. The summed E-state index contributed by atoms with van der Waals surface area (Å²) in [7, 11) is 1.28. The number of nitrogens with one attached hydrogen (secondary N) is 2. The number of amides is 1. The van der Waals surface area contributed by atoms with Crippen molar-refractivity contribution in [3.63, 3.8) is 0 Å². The summed E-state index contributed by atoms with van der Waals surface area (Å²) < 4.78 is 18.0. The van der Waals surface area contributed by atoms with Gasteiger partial charge < -0.3 is 15.0 Å². The van der Waals surface area contributed by atoms with E-state index in [2.05, 4.69) is 10.3 Å². The van der Waals surface area contributed by atoms with Crippen LogP contribution in [0.2, 0.25) is 0 Å². The molecule has 0 unspecified atom stereocenters. The normalized spacial score (nSPS) is 10.6. The predicted molar refractivity (Wildman–Crippen MR) is 88.7 cm³/mol. The Morgan fingerprint density at radius 1 is 1.17 bits per heavy atom. The fraction of sp³-hybridized carbons (Fsp3) is 0.111. The van der Waals surface area contributed by atoms with E-state index >= 15 is 0 Å². The van der Waals surface area contributed by atoms with Crippen LogP contribution >= 0.6 is 0 Å². The lowest BCUT2D eigenvalue weighted by Gasteiger charge is -2.09. The third-order valence-corrected chi connectivity index (χ3v) is 3.83. The molecule has 0 spiro atoms. The third-order valence-electron chi connectivity index (χ3n) is 3.83. The topological polar surface area (TPSA) is 71.2 Å². The number of H-pyrrole nitrogens is 1. The molecule has 0 aliphatic carbocycles. The molecule has 1 heterocycles. The Labute approximate surface area is 137 Å². The van der Waals surface area contributed by atoms with E-state index in [1.54, 1.807) is 37.3 Å². The lowest BCUT2D eigenvalue weighted by atomic mass is 10.1. The van der Waals surface area contributed by atoms with Crippen LogP contribution in [0.1, 0.15) is 26.4 Å². The van der Waals surface area contributed by atoms with Crippen molar-refractivity contribution < 1.29 is 18.7 Å². The first kappa shape index (κ1) is 15.7. The summed E-state index contributed by atoms with van der Waals surface area (Å²) in [5, 5.41) is 3.46. The Morgan fingerprint density at radius 3 is 2.67 bits per heavy atom. The maximum atomic E-state index is 13.3. The predicted octanol–water partition coefficient (Wildman–Crippen LogP) is 3.65. The SMILES string of the molecule is COC(=O)c1ccccc1NC(=O)c1[nH]c2cc(F)ccc2c1C. The number of hydrogen-bond acceptors (Lipinski definition) is 3. The molecule has 3 aromatic rings. The van der Waals surface area contributed by atoms with Crippen LogP contribution < -0.4 is 5.32 Å². The van der Waals surface area contributed by atoms with E-state index in [-0.39, 0.29) is 11.4 Å². The van der Waals surface area contributed by atoms with Crippen LogP contribution in [0.5, 0.6) is 0 Å². The van der Waals surface area contributed by atoms with Gasteiger partial charge in [-0.05, 0) is 42.8 Å². The standard InChI is InChI=1S/C18H15FN2O3/c1-10-12-8-7-11(19)9-15(12)20-16(10)17(22)21-14-6-4-3-5-13(14)18(23)24-2/h3-9,20H,1-2H3,(H,21,22). The van der Waals surface area contributed by atoms with Crippen molar-refractivity contribution in [3.8, 4) is 0 Å². The lowest BCUT2D eigenvalue weighted by Crippen LogP contribution is -2.16. The van der Waals surface area contributed by atoms with Crippen molar-refractivity contribution in [2.24, 2.45) is 0 Å². The number of carbonyl (C=O) groups excluding carboxylic acids is 2. The number of para-hydroxylation sites is 1. The van der Waals surface area contributed by atoms with Crippen LogP contribution in [0.4, 0.5) is 10.1 Å². The number of esters is 1. The number of methoxy groups -OCH3 is 1. The Hall–Kier alpha value is -3.15. The molecule has 1 amide bonds. The number of fused-ring (bicyclic) bond motifs is 1. The van der Waals surface area contributed by atoms with Crippen molar-refractivity contribution in [1.82, 2.24) is 4.98 Å². The molecule has 122 valence electrons. The van der Waals surface area contributed by atoms with Gasteiger partial charge in [-0.2, -0.15) is 0 Å². The summed E-state index contributed by atoms with van der Waals surface area (Å²) in [5.74, 6) is -1.34. The van der Waals surface area contributed by atoms with Gasteiger partial charge in [-0.15, -0.1) is 0 Å². The molecule has 0 radical (unpaired) electrons. The van der Waals surface area contributed by atoms with Crippen LogP contribution in [-0.4, -0.2) is 24.0 Å². The van der Waals surface area contributed by atoms with Crippen molar-refractivity contribution in [2.75, 3.05) is 12.4 Å². The number of anilines is 1. The molecule has 24 heavy (non-hydrogen) atoms. The second kappa shape index (κ2) is 6.16. The average Bonchev–Trinajstić information content (AvgIpc) is 2.90. The van der Waals surface area contributed by atoms with Gasteiger partial charge in [0.05, 0.1) is 18.4 Å². The fourth-order valence-corrected chi connectivity index (χ4v) is 2.60. The van der Waals surface area contributed by atoms with Crippen LogP contribution in [0, 0.1) is 12.7 Å².